The number of aliphatic hydroxyl groups excluding tert-OH is 1. The molecule has 4 N–H and O–H groups in total. The molecule has 0 unspecified atom stereocenters. The molecule has 0 bridgehead atoms. The van der Waals surface area contributed by atoms with Gasteiger partial charge in [-0.3, -0.25) is 4.79 Å². The molecule has 1 rings (SSSR count). The van der Waals surface area contributed by atoms with E-state index < -0.39 is 30.7 Å². The van der Waals surface area contributed by atoms with Crippen LogP contribution in [0.1, 0.15) is 19.0 Å². The van der Waals surface area contributed by atoms with Crippen molar-refractivity contribution in [3.63, 3.8) is 0 Å². The highest BCUT2D eigenvalue weighted by atomic mass is 19.4. The van der Waals surface area contributed by atoms with E-state index in [0.29, 0.717) is 0 Å². The third-order valence-corrected chi connectivity index (χ3v) is 2.45. The summed E-state index contributed by atoms with van der Waals surface area (Å²) in [5, 5.41) is 11.8. The summed E-state index contributed by atoms with van der Waals surface area (Å²) in [5.41, 5.74) is 5.25. The first-order chi connectivity index (χ1) is 9.19. The molecule has 112 valence electrons. The Bertz CT molecular complexity index is 465. The molecule has 0 aromatic carbocycles. The zero-order valence-corrected chi connectivity index (χ0v) is 10.7. The summed E-state index contributed by atoms with van der Waals surface area (Å²) in [7, 11) is 0. The van der Waals surface area contributed by atoms with Gasteiger partial charge < -0.3 is 16.2 Å². The van der Waals surface area contributed by atoms with Gasteiger partial charge >= 0.3 is 6.18 Å². The van der Waals surface area contributed by atoms with Gasteiger partial charge in [-0.1, -0.05) is 0 Å². The number of hydrogen-bond donors (Lipinski definition) is 3. The van der Waals surface area contributed by atoms with E-state index in [1.807, 2.05) is 0 Å². The molecular weight excluding hydrogens is 277 g/mol. The van der Waals surface area contributed by atoms with Crippen LogP contribution in [0, 0.1) is 0 Å². The number of aromatic nitrogens is 2. The summed E-state index contributed by atoms with van der Waals surface area (Å²) in [6, 6.07) is 0.228. The van der Waals surface area contributed by atoms with E-state index in [9.17, 15) is 23.1 Å². The maximum absolute atomic E-state index is 12.1. The van der Waals surface area contributed by atoms with Gasteiger partial charge in [-0.15, -0.1) is 0 Å². The number of nitrogens with two attached hydrogens (primary N) is 1. The van der Waals surface area contributed by atoms with E-state index in [1.165, 1.54) is 19.2 Å². The molecule has 6 nitrogen and oxygen atoms in total. The second kappa shape index (κ2) is 6.51. The Labute approximate surface area is 113 Å². The number of anilines is 1. The SMILES string of the molecule is C[C@@H](O)[C@H](Nc1nccc(CCC(F)(F)F)n1)C(N)=O. The number of alkyl halides is 3. The second-order valence-electron chi connectivity index (χ2n) is 4.25. The highest BCUT2D eigenvalue weighted by Gasteiger charge is 2.27. The van der Waals surface area contributed by atoms with Crippen LogP contribution in [0.4, 0.5) is 19.1 Å². The number of halogens is 3. The molecule has 20 heavy (non-hydrogen) atoms. The molecule has 0 aliphatic rings. The van der Waals surface area contributed by atoms with Crippen LogP contribution in [-0.2, 0) is 11.2 Å². The normalized spacial score (nSPS) is 14.7. The van der Waals surface area contributed by atoms with Crippen LogP contribution in [0.2, 0.25) is 0 Å². The van der Waals surface area contributed by atoms with E-state index in [1.54, 1.807) is 0 Å². The monoisotopic (exact) mass is 292 g/mol. The van der Waals surface area contributed by atoms with Gasteiger partial charge in [-0.2, -0.15) is 13.2 Å². The molecule has 0 fully saturated rings. The summed E-state index contributed by atoms with van der Waals surface area (Å²) >= 11 is 0. The van der Waals surface area contributed by atoms with Gasteiger partial charge in [0.25, 0.3) is 0 Å². The average Bonchev–Trinajstić information content (AvgIpc) is 2.32. The van der Waals surface area contributed by atoms with Gasteiger partial charge in [-0.05, 0) is 19.4 Å². The van der Waals surface area contributed by atoms with Crippen LogP contribution in [0.25, 0.3) is 0 Å². The van der Waals surface area contributed by atoms with Gasteiger partial charge in [0.1, 0.15) is 6.04 Å². The van der Waals surface area contributed by atoms with Gasteiger partial charge in [-0.25, -0.2) is 9.97 Å². The number of carbonyl (C=O) groups excluding carboxylic acids is 1. The highest BCUT2D eigenvalue weighted by Crippen LogP contribution is 2.21. The number of amides is 1. The predicted molar refractivity (Wildman–Crippen MR) is 64.7 cm³/mol. The summed E-state index contributed by atoms with van der Waals surface area (Å²) in [6.45, 7) is 1.34. The van der Waals surface area contributed by atoms with Crippen LogP contribution in [0.5, 0.6) is 0 Å². The summed E-state index contributed by atoms with van der Waals surface area (Å²) < 4.78 is 36.3. The maximum atomic E-state index is 12.1. The lowest BCUT2D eigenvalue weighted by Gasteiger charge is -2.18. The van der Waals surface area contributed by atoms with Crippen molar-refractivity contribution < 1.29 is 23.1 Å². The van der Waals surface area contributed by atoms with Crippen molar-refractivity contribution in [1.82, 2.24) is 9.97 Å². The molecule has 0 spiro atoms. The molecule has 9 heteroatoms. The lowest BCUT2D eigenvalue weighted by atomic mass is 10.2. The van der Waals surface area contributed by atoms with Crippen molar-refractivity contribution in [3.8, 4) is 0 Å². The minimum atomic E-state index is -4.27. The van der Waals surface area contributed by atoms with Crippen LogP contribution in [0.15, 0.2) is 12.3 Å². The Morgan fingerprint density at radius 1 is 1.55 bits per heavy atom. The molecular formula is C11H15F3N4O2. The largest absolute Gasteiger partial charge is 0.391 e. The van der Waals surface area contributed by atoms with Crippen LogP contribution >= 0.6 is 0 Å². The number of hydrogen-bond acceptors (Lipinski definition) is 5. The first-order valence-electron chi connectivity index (χ1n) is 5.81. The molecule has 0 radical (unpaired) electrons. The third-order valence-electron chi connectivity index (χ3n) is 2.45. The van der Waals surface area contributed by atoms with E-state index in [-0.39, 0.29) is 18.1 Å². The van der Waals surface area contributed by atoms with Crippen LogP contribution in [-0.4, -0.2) is 39.3 Å². The van der Waals surface area contributed by atoms with E-state index >= 15 is 0 Å². The molecule has 2 atom stereocenters. The Morgan fingerprint density at radius 2 is 2.20 bits per heavy atom. The van der Waals surface area contributed by atoms with Gasteiger partial charge in [0.2, 0.25) is 11.9 Å². The van der Waals surface area contributed by atoms with E-state index in [2.05, 4.69) is 15.3 Å². The molecule has 0 aliphatic heterocycles. The van der Waals surface area contributed by atoms with Crippen molar-refractivity contribution in [2.75, 3.05) is 5.32 Å². The number of aryl methyl sites for hydroxylation is 1. The number of rotatable bonds is 6. The molecule has 1 amide bonds. The lowest BCUT2D eigenvalue weighted by Crippen LogP contribution is -2.43. The molecule has 0 saturated heterocycles. The Balaban J connectivity index is 2.75. The molecule has 0 saturated carbocycles. The van der Waals surface area contributed by atoms with Gasteiger partial charge in [0, 0.05) is 18.3 Å². The second-order valence-corrected chi connectivity index (χ2v) is 4.25. The van der Waals surface area contributed by atoms with Crippen LogP contribution < -0.4 is 11.1 Å². The van der Waals surface area contributed by atoms with Crippen molar-refractivity contribution in [1.29, 1.82) is 0 Å². The van der Waals surface area contributed by atoms with Gasteiger partial charge in [0.05, 0.1) is 6.10 Å². The molecule has 1 heterocycles. The van der Waals surface area contributed by atoms with Crippen LogP contribution in [0.3, 0.4) is 0 Å². The van der Waals surface area contributed by atoms with Crippen molar-refractivity contribution >= 4 is 11.9 Å². The van der Waals surface area contributed by atoms with Crippen molar-refractivity contribution in [2.24, 2.45) is 5.73 Å². The fourth-order valence-electron chi connectivity index (χ4n) is 1.44. The van der Waals surface area contributed by atoms with Crippen molar-refractivity contribution in [2.45, 2.75) is 38.1 Å². The first-order valence-corrected chi connectivity index (χ1v) is 5.81. The zero-order valence-electron chi connectivity index (χ0n) is 10.7. The Morgan fingerprint density at radius 3 is 2.70 bits per heavy atom. The fourth-order valence-corrected chi connectivity index (χ4v) is 1.44. The maximum Gasteiger partial charge on any atom is 0.389 e. The minimum Gasteiger partial charge on any atom is -0.391 e. The zero-order chi connectivity index (χ0) is 15.3. The number of aliphatic hydroxyl groups is 1. The van der Waals surface area contributed by atoms with Crippen molar-refractivity contribution in [3.05, 3.63) is 18.0 Å². The number of nitrogens with one attached hydrogen (secondary N) is 1. The molecule has 1 aromatic heterocycles. The third kappa shape index (κ3) is 5.39. The standard InChI is InChI=1S/C11H15F3N4O2/c1-6(19)8(9(15)20)18-10-16-5-3-7(17-10)2-4-11(12,13)14/h3,5-6,8,19H,2,4H2,1H3,(H2,15,20)(H,16,17,18)/t6-,8+/m1/s1. The van der Waals surface area contributed by atoms with E-state index in [4.69, 9.17) is 5.73 Å². The number of nitrogens with zero attached hydrogens (tertiary/aromatic N) is 2. The lowest BCUT2D eigenvalue weighted by molar-refractivity contribution is -0.134. The fraction of sp³-hybridized carbons (Fsp3) is 0.545. The number of carbonyl (C=O) groups is 1. The van der Waals surface area contributed by atoms with Gasteiger partial charge in [0.15, 0.2) is 0 Å². The summed E-state index contributed by atoms with van der Waals surface area (Å²) in [4.78, 5) is 18.7. The van der Waals surface area contributed by atoms with E-state index in [0.717, 1.165) is 0 Å². The quantitative estimate of drug-likeness (QED) is 0.713. The molecule has 0 aliphatic carbocycles. The Kier molecular flexibility index (Phi) is 5.26. The topological polar surface area (TPSA) is 101 Å². The summed E-state index contributed by atoms with van der Waals surface area (Å²) in [5.74, 6) is -0.876. The summed E-state index contributed by atoms with van der Waals surface area (Å²) in [6.07, 6.45) is -5.39. The highest BCUT2D eigenvalue weighted by molar-refractivity contribution is 5.83. The molecule has 1 aromatic rings. The minimum absolute atomic E-state index is 0.0608. The number of primary amides is 1. The smallest absolute Gasteiger partial charge is 0.389 e. The predicted octanol–water partition coefficient (Wildman–Crippen LogP) is 0.618. The average molecular weight is 292 g/mol. The Hall–Kier alpha value is -1.90. The first kappa shape index (κ1) is 16.2.